The Balaban J connectivity index is 2.57. The number of rotatable bonds is 7. The molecule has 1 aliphatic rings. The summed E-state index contributed by atoms with van der Waals surface area (Å²) in [6.45, 7) is 7.51. The topological polar surface area (TPSA) is 38.3 Å². The van der Waals surface area contributed by atoms with Gasteiger partial charge in [-0.25, -0.2) is 0 Å². The Morgan fingerprint density at radius 2 is 2.07 bits per heavy atom. The molecule has 0 heterocycles. The van der Waals surface area contributed by atoms with Crippen molar-refractivity contribution < 1.29 is 9.53 Å². The molecule has 0 aromatic heterocycles. The van der Waals surface area contributed by atoms with Crippen LogP contribution in [0.1, 0.15) is 46.5 Å². The molecule has 3 nitrogen and oxygen atoms in total. The van der Waals surface area contributed by atoms with Crippen LogP contribution in [0.2, 0.25) is 0 Å². The van der Waals surface area contributed by atoms with Crippen molar-refractivity contribution in [2.24, 2.45) is 5.92 Å². The largest absolute Gasteiger partial charge is 0.466 e. The van der Waals surface area contributed by atoms with Crippen LogP contribution in [0.25, 0.3) is 0 Å². The second kappa shape index (κ2) is 5.50. The summed E-state index contributed by atoms with van der Waals surface area (Å²) in [6, 6.07) is 0. The predicted molar refractivity (Wildman–Crippen MR) is 60.7 cm³/mol. The molecule has 0 saturated heterocycles. The van der Waals surface area contributed by atoms with Crippen molar-refractivity contribution in [3.8, 4) is 0 Å². The van der Waals surface area contributed by atoms with Gasteiger partial charge in [-0.3, -0.25) is 4.79 Å². The summed E-state index contributed by atoms with van der Waals surface area (Å²) in [6.07, 6.45) is 4.03. The van der Waals surface area contributed by atoms with E-state index in [1.165, 1.54) is 12.8 Å². The Morgan fingerprint density at radius 1 is 1.40 bits per heavy atom. The molecule has 1 unspecified atom stereocenters. The molecule has 1 atom stereocenters. The van der Waals surface area contributed by atoms with Crippen molar-refractivity contribution in [1.29, 1.82) is 0 Å². The third kappa shape index (κ3) is 3.20. The van der Waals surface area contributed by atoms with Gasteiger partial charge in [0.25, 0.3) is 0 Å². The summed E-state index contributed by atoms with van der Waals surface area (Å²) < 4.78 is 5.04. The van der Waals surface area contributed by atoms with Crippen LogP contribution in [0.4, 0.5) is 0 Å². The van der Waals surface area contributed by atoms with Crippen LogP contribution < -0.4 is 5.32 Å². The van der Waals surface area contributed by atoms with Crippen molar-refractivity contribution >= 4 is 5.97 Å². The van der Waals surface area contributed by atoms with Gasteiger partial charge < -0.3 is 10.1 Å². The number of hydrogen-bond donors (Lipinski definition) is 1. The molecule has 15 heavy (non-hydrogen) atoms. The van der Waals surface area contributed by atoms with Crippen molar-refractivity contribution in [2.75, 3.05) is 13.2 Å². The fraction of sp³-hybridized carbons (Fsp3) is 0.917. The van der Waals surface area contributed by atoms with Gasteiger partial charge in [0.1, 0.15) is 0 Å². The molecule has 0 amide bonds. The van der Waals surface area contributed by atoms with E-state index >= 15 is 0 Å². The number of hydrogen-bond acceptors (Lipinski definition) is 3. The van der Waals surface area contributed by atoms with Crippen LogP contribution in [0.3, 0.4) is 0 Å². The predicted octanol–water partition coefficient (Wildman–Crippen LogP) is 2.11. The van der Waals surface area contributed by atoms with E-state index in [2.05, 4.69) is 19.2 Å². The summed E-state index contributed by atoms with van der Waals surface area (Å²) in [5.74, 6) is 0.610. The van der Waals surface area contributed by atoms with Crippen LogP contribution in [0.15, 0.2) is 0 Å². The van der Waals surface area contributed by atoms with E-state index in [9.17, 15) is 4.79 Å². The van der Waals surface area contributed by atoms with Crippen molar-refractivity contribution in [2.45, 2.75) is 52.0 Å². The van der Waals surface area contributed by atoms with E-state index in [-0.39, 0.29) is 11.5 Å². The summed E-state index contributed by atoms with van der Waals surface area (Å²) in [4.78, 5) is 11.6. The summed E-state index contributed by atoms with van der Waals surface area (Å²) in [5.41, 5.74) is 0.000995. The molecule has 0 spiro atoms. The summed E-state index contributed by atoms with van der Waals surface area (Å²) >= 11 is 0. The molecule has 1 fully saturated rings. The van der Waals surface area contributed by atoms with Gasteiger partial charge in [-0.2, -0.15) is 0 Å². The summed E-state index contributed by atoms with van der Waals surface area (Å²) in [7, 11) is 0. The third-order valence-electron chi connectivity index (χ3n) is 3.28. The van der Waals surface area contributed by atoms with E-state index in [0.717, 1.165) is 13.0 Å². The minimum Gasteiger partial charge on any atom is -0.466 e. The second-order valence-corrected chi connectivity index (χ2v) is 4.30. The number of ether oxygens (including phenoxy) is 1. The highest BCUT2D eigenvalue weighted by Crippen LogP contribution is 2.43. The second-order valence-electron chi connectivity index (χ2n) is 4.30. The number of carbonyl (C=O) groups excluding carboxylic acids is 1. The highest BCUT2D eigenvalue weighted by atomic mass is 16.5. The van der Waals surface area contributed by atoms with Crippen LogP contribution in [-0.2, 0) is 9.53 Å². The van der Waals surface area contributed by atoms with Gasteiger partial charge in [-0.15, -0.1) is 0 Å². The molecule has 0 radical (unpaired) electrons. The van der Waals surface area contributed by atoms with Crippen LogP contribution in [-0.4, -0.2) is 24.7 Å². The van der Waals surface area contributed by atoms with Gasteiger partial charge in [0.05, 0.1) is 13.0 Å². The fourth-order valence-corrected chi connectivity index (χ4v) is 2.35. The quantitative estimate of drug-likeness (QED) is 0.658. The van der Waals surface area contributed by atoms with E-state index < -0.39 is 0 Å². The normalized spacial score (nSPS) is 19.7. The van der Waals surface area contributed by atoms with Gasteiger partial charge in [0.15, 0.2) is 0 Å². The molecular weight excluding hydrogens is 190 g/mol. The van der Waals surface area contributed by atoms with Crippen molar-refractivity contribution in [1.82, 2.24) is 5.32 Å². The van der Waals surface area contributed by atoms with Gasteiger partial charge in [-0.05, 0) is 38.6 Å². The van der Waals surface area contributed by atoms with E-state index in [1.807, 2.05) is 6.92 Å². The molecule has 0 aliphatic heterocycles. The first-order valence-corrected chi connectivity index (χ1v) is 6.09. The molecule has 1 rings (SSSR count). The average Bonchev–Trinajstić information content (AvgIpc) is 3.01. The molecule has 0 bridgehead atoms. The standard InChI is InChI=1S/C12H23NO2/c1-4-12(13-5-2,10-7-8-10)9-11(14)15-6-3/h10,13H,4-9H2,1-3H3. The zero-order chi connectivity index (χ0) is 11.3. The van der Waals surface area contributed by atoms with Crippen LogP contribution >= 0.6 is 0 Å². The Hall–Kier alpha value is -0.570. The third-order valence-corrected chi connectivity index (χ3v) is 3.28. The maximum atomic E-state index is 11.6. The first-order valence-electron chi connectivity index (χ1n) is 6.09. The molecule has 1 aliphatic carbocycles. The zero-order valence-corrected chi connectivity index (χ0v) is 10.1. The smallest absolute Gasteiger partial charge is 0.307 e. The van der Waals surface area contributed by atoms with E-state index in [0.29, 0.717) is 18.9 Å². The van der Waals surface area contributed by atoms with Gasteiger partial charge in [0.2, 0.25) is 0 Å². The van der Waals surface area contributed by atoms with Crippen LogP contribution in [0.5, 0.6) is 0 Å². The van der Waals surface area contributed by atoms with Crippen LogP contribution in [0, 0.1) is 5.92 Å². The monoisotopic (exact) mass is 213 g/mol. The molecule has 0 aromatic carbocycles. The molecule has 1 saturated carbocycles. The lowest BCUT2D eigenvalue weighted by Gasteiger charge is -2.33. The van der Waals surface area contributed by atoms with Gasteiger partial charge >= 0.3 is 5.97 Å². The fourth-order valence-electron chi connectivity index (χ4n) is 2.35. The zero-order valence-electron chi connectivity index (χ0n) is 10.1. The Bertz CT molecular complexity index is 214. The number of esters is 1. The lowest BCUT2D eigenvalue weighted by molar-refractivity contribution is -0.145. The molecule has 1 N–H and O–H groups in total. The SMILES string of the molecule is CCNC(CC)(CC(=O)OCC)C1CC1. The molecule has 0 aromatic rings. The maximum Gasteiger partial charge on any atom is 0.307 e. The highest BCUT2D eigenvalue weighted by molar-refractivity contribution is 5.71. The molecule has 88 valence electrons. The first kappa shape index (κ1) is 12.5. The minimum atomic E-state index is -0.0628. The van der Waals surface area contributed by atoms with Crippen molar-refractivity contribution in [3.05, 3.63) is 0 Å². The average molecular weight is 213 g/mol. The highest BCUT2D eigenvalue weighted by Gasteiger charge is 2.44. The summed E-state index contributed by atoms with van der Waals surface area (Å²) in [5, 5.41) is 3.50. The lowest BCUT2D eigenvalue weighted by Crippen LogP contribution is -2.48. The molecular formula is C12H23NO2. The van der Waals surface area contributed by atoms with Gasteiger partial charge in [-0.1, -0.05) is 13.8 Å². The van der Waals surface area contributed by atoms with Gasteiger partial charge in [0, 0.05) is 5.54 Å². The van der Waals surface area contributed by atoms with E-state index in [1.54, 1.807) is 0 Å². The molecule has 3 heteroatoms. The first-order chi connectivity index (χ1) is 7.18. The minimum absolute atomic E-state index is 0.000995. The lowest BCUT2D eigenvalue weighted by atomic mass is 9.86. The Morgan fingerprint density at radius 3 is 2.47 bits per heavy atom. The van der Waals surface area contributed by atoms with E-state index in [4.69, 9.17) is 4.74 Å². The van der Waals surface area contributed by atoms with Crippen molar-refractivity contribution in [3.63, 3.8) is 0 Å². The Labute approximate surface area is 92.6 Å². The number of carbonyl (C=O) groups is 1. The number of nitrogens with one attached hydrogen (secondary N) is 1. The Kier molecular flexibility index (Phi) is 4.58. The maximum absolute atomic E-state index is 11.6.